The number of furan rings is 1. The Balaban J connectivity index is 1.22. The van der Waals surface area contributed by atoms with Gasteiger partial charge in [0.25, 0.3) is 0 Å². The number of piperidine rings is 1. The van der Waals surface area contributed by atoms with E-state index in [1.165, 1.54) is 0 Å². The van der Waals surface area contributed by atoms with E-state index in [1.54, 1.807) is 0 Å². The summed E-state index contributed by atoms with van der Waals surface area (Å²) >= 11 is 12.6. The van der Waals surface area contributed by atoms with Gasteiger partial charge in [-0.1, -0.05) is 47.5 Å². The van der Waals surface area contributed by atoms with Gasteiger partial charge in [0.2, 0.25) is 5.91 Å². The molecule has 0 spiro atoms. The monoisotopic (exact) mass is 452 g/mol. The van der Waals surface area contributed by atoms with Crippen LogP contribution in [0.4, 0.5) is 5.69 Å². The maximum atomic E-state index is 12.8. The Morgan fingerprint density at radius 2 is 1.65 bits per heavy atom. The molecular formula is C25H22Cl2N2O2. The van der Waals surface area contributed by atoms with Crippen molar-refractivity contribution in [1.29, 1.82) is 0 Å². The fraction of sp³-hybridized carbons (Fsp3) is 0.240. The van der Waals surface area contributed by atoms with Crippen LogP contribution in [-0.4, -0.2) is 23.9 Å². The van der Waals surface area contributed by atoms with Crippen LogP contribution in [0.25, 0.3) is 21.9 Å². The molecule has 31 heavy (non-hydrogen) atoms. The molecule has 3 aromatic carbocycles. The molecule has 1 aliphatic rings. The molecule has 0 aliphatic carbocycles. The first-order valence-corrected chi connectivity index (χ1v) is 11.2. The van der Waals surface area contributed by atoms with Gasteiger partial charge in [-0.15, -0.1) is 0 Å². The van der Waals surface area contributed by atoms with E-state index in [0.29, 0.717) is 16.6 Å². The van der Waals surface area contributed by atoms with Gasteiger partial charge in [-0.25, -0.2) is 0 Å². The number of rotatable bonds is 4. The minimum Gasteiger partial charge on any atom is -0.456 e. The number of carbonyl (C=O) groups is 1. The first-order chi connectivity index (χ1) is 15.1. The van der Waals surface area contributed by atoms with Crippen molar-refractivity contribution in [2.24, 2.45) is 5.92 Å². The van der Waals surface area contributed by atoms with Crippen LogP contribution in [0.2, 0.25) is 10.0 Å². The number of halogens is 2. The maximum Gasteiger partial charge on any atom is 0.227 e. The van der Waals surface area contributed by atoms with Crippen LogP contribution in [0.5, 0.6) is 0 Å². The molecule has 1 amide bonds. The van der Waals surface area contributed by atoms with Crippen molar-refractivity contribution >= 4 is 56.7 Å². The number of anilines is 1. The number of likely N-dealkylation sites (tertiary alicyclic amines) is 1. The number of hydrogen-bond donors (Lipinski definition) is 1. The van der Waals surface area contributed by atoms with Crippen molar-refractivity contribution in [3.8, 4) is 0 Å². The van der Waals surface area contributed by atoms with Gasteiger partial charge in [0.15, 0.2) is 0 Å². The molecule has 4 aromatic rings. The third-order valence-corrected chi connectivity index (χ3v) is 6.76. The summed E-state index contributed by atoms with van der Waals surface area (Å²) in [4.78, 5) is 15.1. The zero-order valence-corrected chi connectivity index (χ0v) is 18.4. The largest absolute Gasteiger partial charge is 0.456 e. The molecule has 4 nitrogen and oxygen atoms in total. The van der Waals surface area contributed by atoms with Crippen LogP contribution < -0.4 is 5.32 Å². The van der Waals surface area contributed by atoms with E-state index in [1.807, 2.05) is 60.7 Å². The second kappa shape index (κ2) is 8.54. The van der Waals surface area contributed by atoms with Crippen LogP contribution >= 0.6 is 23.2 Å². The summed E-state index contributed by atoms with van der Waals surface area (Å²) in [5.74, 6) is 0.0511. The van der Waals surface area contributed by atoms with Gasteiger partial charge < -0.3 is 9.73 Å². The fourth-order valence-corrected chi connectivity index (χ4v) is 4.83. The molecule has 1 saturated heterocycles. The lowest BCUT2D eigenvalue weighted by Gasteiger charge is -2.31. The summed E-state index contributed by atoms with van der Waals surface area (Å²) in [7, 11) is 0. The number of para-hydroxylation sites is 1. The van der Waals surface area contributed by atoms with E-state index in [9.17, 15) is 4.79 Å². The number of benzene rings is 3. The first kappa shape index (κ1) is 20.4. The molecule has 6 heteroatoms. The van der Waals surface area contributed by atoms with E-state index in [0.717, 1.165) is 59.1 Å². The summed E-state index contributed by atoms with van der Waals surface area (Å²) in [6.07, 6.45) is 1.61. The van der Waals surface area contributed by atoms with Gasteiger partial charge in [0, 0.05) is 50.6 Å². The van der Waals surface area contributed by atoms with Crippen LogP contribution in [0.1, 0.15) is 18.4 Å². The zero-order chi connectivity index (χ0) is 21.4. The number of fused-ring (bicyclic) bond motifs is 3. The minimum atomic E-state index is -0.00987. The molecule has 1 aromatic heterocycles. The van der Waals surface area contributed by atoms with Gasteiger partial charge in [-0.3, -0.25) is 9.69 Å². The second-order valence-corrected chi connectivity index (χ2v) is 8.86. The van der Waals surface area contributed by atoms with Crippen molar-refractivity contribution < 1.29 is 9.21 Å². The van der Waals surface area contributed by atoms with E-state index >= 15 is 0 Å². The highest BCUT2D eigenvalue weighted by atomic mass is 35.5. The molecule has 2 heterocycles. The molecule has 0 atom stereocenters. The molecular weight excluding hydrogens is 431 g/mol. The number of nitrogens with zero attached hydrogens (tertiary/aromatic N) is 1. The second-order valence-electron chi connectivity index (χ2n) is 8.05. The Bertz CT molecular complexity index is 1240. The predicted octanol–water partition coefficient (Wildman–Crippen LogP) is 6.74. The van der Waals surface area contributed by atoms with Crippen molar-refractivity contribution in [1.82, 2.24) is 4.90 Å². The number of carbonyl (C=O) groups excluding carboxylic acids is 1. The summed E-state index contributed by atoms with van der Waals surface area (Å²) in [5.41, 5.74) is 3.35. The van der Waals surface area contributed by atoms with E-state index in [4.69, 9.17) is 27.6 Å². The average Bonchev–Trinajstić information content (AvgIpc) is 3.14. The van der Waals surface area contributed by atoms with Crippen molar-refractivity contribution in [3.63, 3.8) is 0 Å². The number of amides is 1. The molecule has 0 unspecified atom stereocenters. The normalized spacial score (nSPS) is 15.5. The zero-order valence-electron chi connectivity index (χ0n) is 16.9. The molecule has 0 saturated carbocycles. The van der Waals surface area contributed by atoms with E-state index in [-0.39, 0.29) is 11.8 Å². The minimum absolute atomic E-state index is 0.00987. The highest BCUT2D eigenvalue weighted by Gasteiger charge is 2.26. The molecule has 158 valence electrons. The molecule has 5 rings (SSSR count). The lowest BCUT2D eigenvalue weighted by atomic mass is 9.95. The van der Waals surface area contributed by atoms with Crippen molar-refractivity contribution in [2.45, 2.75) is 19.4 Å². The third kappa shape index (κ3) is 4.16. The Kier molecular flexibility index (Phi) is 5.61. The molecule has 1 N–H and O–H groups in total. The Labute approximate surface area is 190 Å². The molecule has 0 bridgehead atoms. The van der Waals surface area contributed by atoms with Crippen LogP contribution in [0.3, 0.4) is 0 Å². The van der Waals surface area contributed by atoms with Crippen LogP contribution in [0.15, 0.2) is 65.1 Å². The topological polar surface area (TPSA) is 45.5 Å². The lowest BCUT2D eigenvalue weighted by molar-refractivity contribution is -0.121. The SMILES string of the molecule is O=C(Nc1ccc2c(c1)oc1ccccc12)C1CCN(Cc2c(Cl)cccc2Cl)CC1. The molecule has 1 aliphatic heterocycles. The fourth-order valence-electron chi connectivity index (χ4n) is 4.31. The smallest absolute Gasteiger partial charge is 0.227 e. The Hall–Kier alpha value is -2.53. The Morgan fingerprint density at radius 1 is 0.935 bits per heavy atom. The predicted molar refractivity (Wildman–Crippen MR) is 127 cm³/mol. The Morgan fingerprint density at radius 3 is 2.42 bits per heavy atom. The van der Waals surface area contributed by atoms with Crippen LogP contribution in [-0.2, 0) is 11.3 Å². The first-order valence-electron chi connectivity index (χ1n) is 10.5. The summed E-state index contributed by atoms with van der Waals surface area (Å²) < 4.78 is 5.93. The molecule has 1 fully saturated rings. The highest BCUT2D eigenvalue weighted by Crippen LogP contribution is 2.31. The lowest BCUT2D eigenvalue weighted by Crippen LogP contribution is -2.37. The van der Waals surface area contributed by atoms with Gasteiger partial charge in [-0.05, 0) is 56.3 Å². The quantitative estimate of drug-likeness (QED) is 0.372. The van der Waals surface area contributed by atoms with Gasteiger partial charge in [0.1, 0.15) is 11.2 Å². The molecule has 0 radical (unpaired) electrons. The maximum absolute atomic E-state index is 12.8. The summed E-state index contributed by atoms with van der Waals surface area (Å²) in [6, 6.07) is 19.4. The van der Waals surface area contributed by atoms with E-state index < -0.39 is 0 Å². The number of hydrogen-bond acceptors (Lipinski definition) is 3. The summed E-state index contributed by atoms with van der Waals surface area (Å²) in [6.45, 7) is 2.38. The van der Waals surface area contributed by atoms with Crippen molar-refractivity contribution in [2.75, 3.05) is 18.4 Å². The van der Waals surface area contributed by atoms with Crippen molar-refractivity contribution in [3.05, 3.63) is 76.3 Å². The standard InChI is InChI=1S/C25H22Cl2N2O2/c26-21-5-3-6-22(27)20(21)15-29-12-10-16(11-13-29)25(30)28-17-8-9-19-18-4-1-2-7-23(18)31-24(19)14-17/h1-9,14,16H,10-13,15H2,(H,28,30). The summed E-state index contributed by atoms with van der Waals surface area (Å²) in [5, 5.41) is 6.59. The third-order valence-electron chi connectivity index (χ3n) is 6.05. The van der Waals surface area contributed by atoms with Gasteiger partial charge in [-0.2, -0.15) is 0 Å². The average molecular weight is 453 g/mol. The van der Waals surface area contributed by atoms with E-state index in [2.05, 4.69) is 10.2 Å². The van der Waals surface area contributed by atoms with Crippen LogP contribution in [0, 0.1) is 5.92 Å². The highest BCUT2D eigenvalue weighted by molar-refractivity contribution is 6.36. The van der Waals surface area contributed by atoms with Gasteiger partial charge >= 0.3 is 0 Å². The van der Waals surface area contributed by atoms with Gasteiger partial charge in [0.05, 0.1) is 0 Å². The number of nitrogens with one attached hydrogen (secondary N) is 1.